The van der Waals surface area contributed by atoms with Gasteiger partial charge in [0.05, 0.1) is 5.69 Å². The Morgan fingerprint density at radius 3 is 1.89 bits per heavy atom. The summed E-state index contributed by atoms with van der Waals surface area (Å²) in [6.07, 6.45) is 0. The van der Waals surface area contributed by atoms with E-state index in [1.54, 1.807) is 0 Å². The minimum atomic E-state index is 1.14. The maximum atomic E-state index is 2.40. The third kappa shape index (κ3) is 3.55. The van der Waals surface area contributed by atoms with E-state index in [2.05, 4.69) is 144 Å². The van der Waals surface area contributed by atoms with Crippen LogP contribution in [0.15, 0.2) is 140 Å². The SMILES string of the molecule is c1ccc(-c2cc3ccccc3cc2N(c2ccccc2)c2ccc3c(c2)sc2ccccc23)cc1. The lowest BCUT2D eigenvalue weighted by Crippen LogP contribution is -2.11. The van der Waals surface area contributed by atoms with Crippen molar-refractivity contribution >= 4 is 59.3 Å². The smallest absolute Gasteiger partial charge is 0.0546 e. The minimum absolute atomic E-state index is 1.14. The van der Waals surface area contributed by atoms with E-state index in [4.69, 9.17) is 0 Å². The lowest BCUT2D eigenvalue weighted by atomic mass is 9.97. The fraction of sp³-hybridized carbons (Fsp3) is 0. The molecule has 0 aliphatic rings. The third-order valence-electron chi connectivity index (χ3n) is 6.82. The van der Waals surface area contributed by atoms with Gasteiger partial charge in [-0.1, -0.05) is 97.1 Å². The van der Waals surface area contributed by atoms with Crippen molar-refractivity contribution < 1.29 is 0 Å². The van der Waals surface area contributed by atoms with Gasteiger partial charge in [0, 0.05) is 37.1 Å². The van der Waals surface area contributed by atoms with Gasteiger partial charge in [-0.05, 0) is 58.8 Å². The second-order valence-electron chi connectivity index (χ2n) is 9.03. The van der Waals surface area contributed by atoms with Gasteiger partial charge < -0.3 is 4.90 Å². The van der Waals surface area contributed by atoms with E-state index in [-0.39, 0.29) is 0 Å². The molecule has 1 aromatic heterocycles. The van der Waals surface area contributed by atoms with Crippen LogP contribution in [0.2, 0.25) is 0 Å². The topological polar surface area (TPSA) is 3.24 Å². The van der Waals surface area contributed by atoms with Crippen molar-refractivity contribution in [2.75, 3.05) is 4.90 Å². The number of benzene rings is 6. The van der Waals surface area contributed by atoms with E-state index in [1.165, 1.54) is 47.8 Å². The highest BCUT2D eigenvalue weighted by atomic mass is 32.1. The summed E-state index contributed by atoms with van der Waals surface area (Å²) >= 11 is 1.86. The molecule has 0 amide bonds. The van der Waals surface area contributed by atoms with E-state index < -0.39 is 0 Å². The lowest BCUT2D eigenvalue weighted by molar-refractivity contribution is 1.30. The van der Waals surface area contributed by atoms with Gasteiger partial charge in [0.25, 0.3) is 0 Å². The first-order chi connectivity index (χ1) is 17.8. The van der Waals surface area contributed by atoms with Crippen LogP contribution in [-0.4, -0.2) is 0 Å². The molecule has 0 aliphatic heterocycles. The highest BCUT2D eigenvalue weighted by molar-refractivity contribution is 7.25. The molecule has 0 bridgehead atoms. The summed E-state index contributed by atoms with van der Waals surface area (Å²) in [6, 6.07) is 50.3. The van der Waals surface area contributed by atoms with Crippen LogP contribution < -0.4 is 4.90 Å². The maximum absolute atomic E-state index is 2.40. The number of fused-ring (bicyclic) bond motifs is 4. The van der Waals surface area contributed by atoms with E-state index in [0.29, 0.717) is 0 Å². The first kappa shape index (κ1) is 20.9. The van der Waals surface area contributed by atoms with Gasteiger partial charge >= 0.3 is 0 Å². The zero-order chi connectivity index (χ0) is 23.9. The van der Waals surface area contributed by atoms with Crippen molar-refractivity contribution in [3.05, 3.63) is 140 Å². The number of thiophene rings is 1. The Balaban J connectivity index is 1.52. The van der Waals surface area contributed by atoms with Crippen LogP contribution in [0.4, 0.5) is 17.1 Å². The summed E-state index contributed by atoms with van der Waals surface area (Å²) in [6.45, 7) is 0. The summed E-state index contributed by atoms with van der Waals surface area (Å²) < 4.78 is 2.63. The predicted molar refractivity (Wildman–Crippen MR) is 157 cm³/mol. The summed E-state index contributed by atoms with van der Waals surface area (Å²) in [5.74, 6) is 0. The second-order valence-corrected chi connectivity index (χ2v) is 10.1. The Morgan fingerprint density at radius 1 is 0.444 bits per heavy atom. The first-order valence-electron chi connectivity index (χ1n) is 12.2. The van der Waals surface area contributed by atoms with Gasteiger partial charge in [-0.3, -0.25) is 0 Å². The van der Waals surface area contributed by atoms with E-state index >= 15 is 0 Å². The molecule has 36 heavy (non-hydrogen) atoms. The number of nitrogens with zero attached hydrogens (tertiary/aromatic N) is 1. The normalized spacial score (nSPS) is 11.3. The molecule has 6 aromatic carbocycles. The van der Waals surface area contributed by atoms with Gasteiger partial charge in [0.2, 0.25) is 0 Å². The molecule has 0 saturated carbocycles. The molecule has 0 aliphatic carbocycles. The molecule has 0 atom stereocenters. The predicted octanol–water partition coefficient (Wildman–Crippen LogP) is 10.3. The number of hydrogen-bond donors (Lipinski definition) is 0. The summed E-state index contributed by atoms with van der Waals surface area (Å²) in [4.78, 5) is 2.40. The van der Waals surface area contributed by atoms with E-state index in [9.17, 15) is 0 Å². The Kier molecular flexibility index (Phi) is 5.04. The van der Waals surface area contributed by atoms with Crippen LogP contribution in [0.25, 0.3) is 42.1 Å². The molecule has 1 heterocycles. The molecular weight excluding hydrogens is 454 g/mol. The van der Waals surface area contributed by atoms with Gasteiger partial charge in [0.15, 0.2) is 0 Å². The molecule has 170 valence electrons. The molecule has 2 heteroatoms. The van der Waals surface area contributed by atoms with Gasteiger partial charge in [0.1, 0.15) is 0 Å². The number of rotatable bonds is 4. The van der Waals surface area contributed by atoms with Crippen molar-refractivity contribution in [1.29, 1.82) is 0 Å². The van der Waals surface area contributed by atoms with Crippen molar-refractivity contribution in [2.45, 2.75) is 0 Å². The highest BCUT2D eigenvalue weighted by Gasteiger charge is 2.19. The maximum Gasteiger partial charge on any atom is 0.0546 e. The van der Waals surface area contributed by atoms with Gasteiger partial charge in [-0.15, -0.1) is 11.3 Å². The Labute approximate surface area is 214 Å². The number of para-hydroxylation sites is 1. The average molecular weight is 478 g/mol. The van der Waals surface area contributed by atoms with Crippen LogP contribution in [-0.2, 0) is 0 Å². The van der Waals surface area contributed by atoms with Crippen LogP contribution >= 0.6 is 11.3 Å². The number of anilines is 3. The fourth-order valence-corrected chi connectivity index (χ4v) is 6.26. The zero-order valence-corrected chi connectivity index (χ0v) is 20.5. The first-order valence-corrected chi connectivity index (χ1v) is 13.0. The molecule has 0 saturated heterocycles. The van der Waals surface area contributed by atoms with E-state index in [1.807, 2.05) is 11.3 Å². The molecule has 0 fully saturated rings. The molecule has 1 nitrogen and oxygen atoms in total. The lowest BCUT2D eigenvalue weighted by Gasteiger charge is -2.28. The standard InChI is InChI=1S/C34H23NS/c1-3-11-24(12-4-1)31-21-25-13-7-8-14-26(25)22-32(31)35(27-15-5-2-6-16-27)28-19-20-30-29-17-9-10-18-33(29)36-34(30)23-28/h1-23H. The summed E-state index contributed by atoms with van der Waals surface area (Å²) in [5.41, 5.74) is 5.90. The molecule has 7 rings (SSSR count). The largest absolute Gasteiger partial charge is 0.310 e. The van der Waals surface area contributed by atoms with Crippen LogP contribution in [0.1, 0.15) is 0 Å². The average Bonchev–Trinajstić information content (AvgIpc) is 3.32. The Hall–Kier alpha value is -4.40. The zero-order valence-electron chi connectivity index (χ0n) is 19.6. The van der Waals surface area contributed by atoms with Gasteiger partial charge in [-0.2, -0.15) is 0 Å². The molecule has 0 unspecified atom stereocenters. The molecule has 7 aromatic rings. The quantitative estimate of drug-likeness (QED) is 0.244. The molecular formula is C34H23NS. The van der Waals surface area contributed by atoms with Crippen molar-refractivity contribution in [3.8, 4) is 11.1 Å². The van der Waals surface area contributed by atoms with Crippen molar-refractivity contribution in [1.82, 2.24) is 0 Å². The Bertz CT molecular complexity index is 1830. The number of hydrogen-bond acceptors (Lipinski definition) is 2. The van der Waals surface area contributed by atoms with Crippen molar-refractivity contribution in [2.24, 2.45) is 0 Å². The van der Waals surface area contributed by atoms with Gasteiger partial charge in [-0.25, -0.2) is 0 Å². The minimum Gasteiger partial charge on any atom is -0.310 e. The molecule has 0 radical (unpaired) electrons. The third-order valence-corrected chi connectivity index (χ3v) is 7.96. The van der Waals surface area contributed by atoms with E-state index in [0.717, 1.165) is 11.4 Å². The Morgan fingerprint density at radius 2 is 1.08 bits per heavy atom. The van der Waals surface area contributed by atoms with Crippen LogP contribution in [0.3, 0.4) is 0 Å². The molecule has 0 N–H and O–H groups in total. The highest BCUT2D eigenvalue weighted by Crippen LogP contribution is 2.44. The van der Waals surface area contributed by atoms with Crippen molar-refractivity contribution in [3.63, 3.8) is 0 Å². The summed E-state index contributed by atoms with van der Waals surface area (Å²) in [5, 5.41) is 5.12. The second kappa shape index (κ2) is 8.67. The fourth-order valence-electron chi connectivity index (χ4n) is 5.12. The van der Waals surface area contributed by atoms with Crippen LogP contribution in [0.5, 0.6) is 0 Å². The molecule has 0 spiro atoms. The summed E-state index contributed by atoms with van der Waals surface area (Å²) in [7, 11) is 0. The monoisotopic (exact) mass is 477 g/mol. The van der Waals surface area contributed by atoms with Crippen LogP contribution in [0, 0.1) is 0 Å².